The molecule has 0 aliphatic heterocycles. The van der Waals surface area contributed by atoms with Crippen LogP contribution < -0.4 is 9.46 Å². The van der Waals surface area contributed by atoms with E-state index in [-0.39, 0.29) is 4.90 Å². The summed E-state index contributed by atoms with van der Waals surface area (Å²) in [5.41, 5.74) is 3.18. The Morgan fingerprint density at radius 1 is 0.964 bits per heavy atom. The number of rotatable bonds is 5. The molecule has 142 valence electrons. The molecule has 1 aromatic heterocycles. The van der Waals surface area contributed by atoms with E-state index < -0.39 is 10.0 Å². The Morgan fingerprint density at radius 2 is 1.75 bits per heavy atom. The van der Waals surface area contributed by atoms with E-state index in [0.29, 0.717) is 16.5 Å². The molecule has 0 aliphatic carbocycles. The van der Waals surface area contributed by atoms with Crippen LogP contribution in [0.3, 0.4) is 0 Å². The number of hydrogen-bond donors (Lipinski definition) is 2. The summed E-state index contributed by atoms with van der Waals surface area (Å²) < 4.78 is 33.0. The Labute approximate surface area is 168 Å². The van der Waals surface area contributed by atoms with Gasteiger partial charge in [-0.25, -0.2) is 8.42 Å². The predicted octanol–water partition coefficient (Wildman–Crippen LogP) is 5.30. The lowest BCUT2D eigenvalue weighted by atomic mass is 10.1. The largest absolute Gasteiger partial charge is 0.497 e. The highest BCUT2D eigenvalue weighted by molar-refractivity contribution is 7.92. The van der Waals surface area contributed by atoms with E-state index in [0.717, 1.165) is 22.2 Å². The van der Waals surface area contributed by atoms with E-state index in [1.54, 1.807) is 30.3 Å². The monoisotopic (exact) mass is 412 g/mol. The summed E-state index contributed by atoms with van der Waals surface area (Å²) in [6.45, 7) is 0. The summed E-state index contributed by atoms with van der Waals surface area (Å²) in [4.78, 5) is 3.49. The van der Waals surface area contributed by atoms with Crippen LogP contribution in [-0.4, -0.2) is 20.5 Å². The highest BCUT2D eigenvalue weighted by Gasteiger charge is 2.15. The average molecular weight is 413 g/mol. The van der Waals surface area contributed by atoms with Crippen LogP contribution in [0.25, 0.3) is 22.2 Å². The zero-order valence-electron chi connectivity index (χ0n) is 14.9. The van der Waals surface area contributed by atoms with Gasteiger partial charge < -0.3 is 9.72 Å². The highest BCUT2D eigenvalue weighted by Crippen LogP contribution is 2.28. The molecule has 0 atom stereocenters. The van der Waals surface area contributed by atoms with Crippen molar-refractivity contribution in [3.05, 3.63) is 77.8 Å². The van der Waals surface area contributed by atoms with Gasteiger partial charge in [0.05, 0.1) is 12.0 Å². The average Bonchev–Trinajstić information content (AvgIpc) is 3.11. The minimum atomic E-state index is -3.70. The molecule has 0 saturated heterocycles. The van der Waals surface area contributed by atoms with Gasteiger partial charge in [-0.3, -0.25) is 4.72 Å². The van der Waals surface area contributed by atoms with Gasteiger partial charge in [0.15, 0.2) is 0 Å². The third-order valence-electron chi connectivity index (χ3n) is 4.38. The maximum atomic E-state index is 12.7. The van der Waals surface area contributed by atoms with Gasteiger partial charge in [-0.2, -0.15) is 0 Å². The van der Waals surface area contributed by atoms with Crippen molar-refractivity contribution < 1.29 is 13.2 Å². The number of sulfonamides is 1. The lowest BCUT2D eigenvalue weighted by molar-refractivity contribution is 0.414. The van der Waals surface area contributed by atoms with Crippen LogP contribution in [0.15, 0.2) is 77.7 Å². The molecule has 3 aromatic carbocycles. The second kappa shape index (κ2) is 7.22. The maximum absolute atomic E-state index is 12.7. The highest BCUT2D eigenvalue weighted by atomic mass is 35.5. The molecule has 0 saturated carbocycles. The number of benzene rings is 3. The topological polar surface area (TPSA) is 71.2 Å². The fourth-order valence-corrected chi connectivity index (χ4v) is 4.21. The number of nitrogens with one attached hydrogen (secondary N) is 2. The third kappa shape index (κ3) is 3.69. The van der Waals surface area contributed by atoms with Gasteiger partial charge in [0, 0.05) is 32.9 Å². The van der Waals surface area contributed by atoms with Gasteiger partial charge in [0.1, 0.15) is 5.75 Å². The first kappa shape index (κ1) is 18.4. The zero-order chi connectivity index (χ0) is 19.7. The van der Waals surface area contributed by atoms with Crippen LogP contribution in [0, 0.1) is 0 Å². The lowest BCUT2D eigenvalue weighted by Crippen LogP contribution is -2.12. The van der Waals surface area contributed by atoms with E-state index >= 15 is 0 Å². The second-order valence-electron chi connectivity index (χ2n) is 6.28. The summed E-state index contributed by atoms with van der Waals surface area (Å²) in [5, 5.41) is 1.66. The van der Waals surface area contributed by atoms with Crippen molar-refractivity contribution >= 4 is 38.2 Å². The Bertz CT molecular complexity index is 1250. The Balaban J connectivity index is 1.64. The van der Waals surface area contributed by atoms with Crippen molar-refractivity contribution in [3.8, 4) is 17.0 Å². The van der Waals surface area contributed by atoms with E-state index in [9.17, 15) is 8.42 Å². The first-order chi connectivity index (χ1) is 13.4. The Kier molecular flexibility index (Phi) is 4.75. The number of aromatic amines is 1. The van der Waals surface area contributed by atoms with Gasteiger partial charge in [0.25, 0.3) is 10.0 Å². The van der Waals surface area contributed by atoms with Gasteiger partial charge in [-0.1, -0.05) is 23.7 Å². The number of halogens is 1. The van der Waals surface area contributed by atoms with Crippen molar-refractivity contribution in [2.45, 2.75) is 4.90 Å². The molecule has 1 heterocycles. The summed E-state index contributed by atoms with van der Waals surface area (Å²) in [6.07, 6.45) is 0. The quantitative estimate of drug-likeness (QED) is 0.467. The summed E-state index contributed by atoms with van der Waals surface area (Å²) in [6, 6.07) is 21.1. The third-order valence-corrected chi connectivity index (χ3v) is 6.01. The van der Waals surface area contributed by atoms with Crippen LogP contribution in [0.2, 0.25) is 5.02 Å². The van der Waals surface area contributed by atoms with Crippen LogP contribution >= 0.6 is 11.6 Å². The van der Waals surface area contributed by atoms with Gasteiger partial charge in [0.2, 0.25) is 0 Å². The van der Waals surface area contributed by atoms with Crippen molar-refractivity contribution in [1.82, 2.24) is 4.98 Å². The van der Waals surface area contributed by atoms with Crippen LogP contribution in [0.5, 0.6) is 5.75 Å². The standard InChI is InChI=1S/C21H17ClN2O3S/c1-27-18-6-8-19(9-7-18)28(25,26)24-17-4-2-3-14(12-17)21-13-15-11-16(22)5-10-20(15)23-21/h2-13,23-24H,1H3. The molecular formula is C21H17ClN2O3S. The van der Waals surface area contributed by atoms with Crippen LogP contribution in [-0.2, 0) is 10.0 Å². The predicted molar refractivity (Wildman–Crippen MR) is 113 cm³/mol. The van der Waals surface area contributed by atoms with Gasteiger partial charge in [-0.05, 0) is 60.7 Å². The first-order valence-electron chi connectivity index (χ1n) is 8.50. The number of fused-ring (bicyclic) bond motifs is 1. The normalized spacial score (nSPS) is 11.5. The first-order valence-corrected chi connectivity index (χ1v) is 10.4. The second-order valence-corrected chi connectivity index (χ2v) is 8.40. The number of hydrogen-bond acceptors (Lipinski definition) is 3. The molecule has 5 nitrogen and oxygen atoms in total. The molecular weight excluding hydrogens is 396 g/mol. The van der Waals surface area contributed by atoms with Crippen molar-refractivity contribution in [3.63, 3.8) is 0 Å². The molecule has 0 aliphatic rings. The molecule has 2 N–H and O–H groups in total. The molecule has 4 rings (SSSR count). The Hall–Kier alpha value is -2.96. The SMILES string of the molecule is COc1ccc(S(=O)(=O)Nc2cccc(-c3cc4cc(Cl)ccc4[nH]3)c2)cc1. The van der Waals surface area contributed by atoms with Gasteiger partial charge >= 0.3 is 0 Å². The lowest BCUT2D eigenvalue weighted by Gasteiger charge is -2.10. The molecule has 0 amide bonds. The summed E-state index contributed by atoms with van der Waals surface area (Å²) >= 11 is 6.05. The molecule has 4 aromatic rings. The minimum absolute atomic E-state index is 0.166. The van der Waals surface area contributed by atoms with E-state index in [2.05, 4.69) is 9.71 Å². The number of anilines is 1. The van der Waals surface area contributed by atoms with Crippen molar-refractivity contribution in [2.24, 2.45) is 0 Å². The smallest absolute Gasteiger partial charge is 0.261 e. The Morgan fingerprint density at radius 3 is 2.50 bits per heavy atom. The molecule has 0 radical (unpaired) electrons. The molecule has 7 heteroatoms. The van der Waals surface area contributed by atoms with E-state index in [4.69, 9.17) is 16.3 Å². The number of ether oxygens (including phenoxy) is 1. The fraction of sp³-hybridized carbons (Fsp3) is 0.0476. The molecule has 0 fully saturated rings. The fourth-order valence-electron chi connectivity index (χ4n) is 2.98. The summed E-state index contributed by atoms with van der Waals surface area (Å²) in [5.74, 6) is 0.597. The van der Waals surface area contributed by atoms with Crippen LogP contribution in [0.1, 0.15) is 0 Å². The molecule has 0 unspecified atom stereocenters. The van der Waals surface area contributed by atoms with E-state index in [1.165, 1.54) is 19.2 Å². The van der Waals surface area contributed by atoms with Crippen molar-refractivity contribution in [1.29, 1.82) is 0 Å². The van der Waals surface area contributed by atoms with Crippen molar-refractivity contribution in [2.75, 3.05) is 11.8 Å². The molecule has 0 bridgehead atoms. The minimum Gasteiger partial charge on any atom is -0.497 e. The van der Waals surface area contributed by atoms with Crippen LogP contribution in [0.4, 0.5) is 5.69 Å². The zero-order valence-corrected chi connectivity index (χ0v) is 16.5. The number of H-pyrrole nitrogens is 1. The van der Waals surface area contributed by atoms with E-state index in [1.807, 2.05) is 30.3 Å². The van der Waals surface area contributed by atoms with Gasteiger partial charge in [-0.15, -0.1) is 0 Å². The summed E-state index contributed by atoms with van der Waals surface area (Å²) in [7, 11) is -2.17. The number of methoxy groups -OCH3 is 1. The molecule has 28 heavy (non-hydrogen) atoms. The molecule has 0 spiro atoms. The maximum Gasteiger partial charge on any atom is 0.261 e. The number of aromatic nitrogens is 1.